The summed E-state index contributed by atoms with van der Waals surface area (Å²) in [5.74, 6) is 0.134. The van der Waals surface area contributed by atoms with Gasteiger partial charge in [0.25, 0.3) is 0 Å². The molecule has 2 unspecified atom stereocenters. The van der Waals surface area contributed by atoms with Crippen LogP contribution >= 0.6 is 0 Å². The summed E-state index contributed by atoms with van der Waals surface area (Å²) in [4.78, 5) is 10.8. The molecular formula is C10H16O3. The van der Waals surface area contributed by atoms with E-state index in [-0.39, 0.29) is 12.0 Å². The number of fused-ring (bicyclic) bond motifs is 2. The number of rotatable bonds is 1. The Morgan fingerprint density at radius 1 is 1.00 bits per heavy atom. The van der Waals surface area contributed by atoms with Crippen LogP contribution in [0.15, 0.2) is 0 Å². The smallest absolute Gasteiger partial charge is 0.306 e. The molecule has 4 atom stereocenters. The zero-order valence-electron chi connectivity index (χ0n) is 7.65. The monoisotopic (exact) mass is 184 g/mol. The molecule has 2 bridgehead atoms. The highest BCUT2D eigenvalue weighted by atomic mass is 16.4. The fourth-order valence-electron chi connectivity index (χ4n) is 3.02. The van der Waals surface area contributed by atoms with E-state index in [9.17, 15) is 9.90 Å². The van der Waals surface area contributed by atoms with Gasteiger partial charge >= 0.3 is 5.97 Å². The Morgan fingerprint density at radius 2 is 1.54 bits per heavy atom. The third-order valence-electron chi connectivity index (χ3n) is 3.46. The van der Waals surface area contributed by atoms with Gasteiger partial charge in [0.05, 0.1) is 12.0 Å². The Hall–Kier alpha value is -0.570. The first-order valence-electron chi connectivity index (χ1n) is 5.06. The quantitative estimate of drug-likeness (QED) is 0.645. The maximum atomic E-state index is 10.8. The van der Waals surface area contributed by atoms with E-state index < -0.39 is 5.97 Å². The summed E-state index contributed by atoms with van der Waals surface area (Å²) < 4.78 is 0. The largest absolute Gasteiger partial charge is 0.481 e. The van der Waals surface area contributed by atoms with Gasteiger partial charge in [-0.3, -0.25) is 4.79 Å². The van der Waals surface area contributed by atoms with E-state index in [4.69, 9.17) is 5.11 Å². The maximum Gasteiger partial charge on any atom is 0.306 e. The molecular weight excluding hydrogens is 168 g/mol. The number of carboxylic acids is 1. The van der Waals surface area contributed by atoms with Crippen molar-refractivity contribution in [2.24, 2.45) is 17.8 Å². The Labute approximate surface area is 77.8 Å². The summed E-state index contributed by atoms with van der Waals surface area (Å²) in [7, 11) is 0. The van der Waals surface area contributed by atoms with Crippen molar-refractivity contribution < 1.29 is 15.0 Å². The van der Waals surface area contributed by atoms with Gasteiger partial charge in [0.2, 0.25) is 0 Å². The SMILES string of the molecule is O=C(O)C1CC2C[C@H](O)C[C@@H](C2)C1. The lowest BCUT2D eigenvalue weighted by atomic mass is 9.67. The standard InChI is InChI=1S/C10H16O3/c11-9-4-6-1-7(5-9)3-8(2-6)10(12)13/h6-9,11H,1-5H2,(H,12,13)/t6-,7?,8?,9+/m0/s1. The summed E-state index contributed by atoms with van der Waals surface area (Å²) in [6.07, 6.45) is 4.17. The van der Waals surface area contributed by atoms with Crippen LogP contribution in [0, 0.1) is 17.8 Å². The maximum absolute atomic E-state index is 10.8. The first-order valence-corrected chi connectivity index (χ1v) is 5.06. The number of aliphatic carboxylic acids is 1. The minimum atomic E-state index is -0.647. The van der Waals surface area contributed by atoms with Crippen LogP contribution in [0.3, 0.4) is 0 Å². The van der Waals surface area contributed by atoms with E-state index in [1.165, 1.54) is 0 Å². The molecule has 2 aliphatic rings. The van der Waals surface area contributed by atoms with Gasteiger partial charge in [0.15, 0.2) is 0 Å². The first-order chi connectivity index (χ1) is 6.15. The Morgan fingerprint density at radius 3 is 2.00 bits per heavy atom. The van der Waals surface area contributed by atoms with Crippen molar-refractivity contribution in [2.75, 3.05) is 0 Å². The summed E-state index contributed by atoms with van der Waals surface area (Å²) in [6.45, 7) is 0. The molecule has 0 aromatic carbocycles. The van der Waals surface area contributed by atoms with Crippen LogP contribution < -0.4 is 0 Å². The lowest BCUT2D eigenvalue weighted by Gasteiger charge is -2.39. The molecule has 2 N–H and O–H groups in total. The van der Waals surface area contributed by atoms with Crippen LogP contribution in [0.5, 0.6) is 0 Å². The van der Waals surface area contributed by atoms with E-state index in [1.807, 2.05) is 0 Å². The van der Waals surface area contributed by atoms with Gasteiger partial charge in [-0.2, -0.15) is 0 Å². The second-order valence-corrected chi connectivity index (χ2v) is 4.60. The highest BCUT2D eigenvalue weighted by Gasteiger charge is 2.37. The molecule has 2 fully saturated rings. The van der Waals surface area contributed by atoms with Crippen LogP contribution in [0.2, 0.25) is 0 Å². The van der Waals surface area contributed by atoms with E-state index in [2.05, 4.69) is 0 Å². The molecule has 0 spiro atoms. The normalized spacial score (nSPS) is 44.4. The summed E-state index contributed by atoms with van der Waals surface area (Å²) in [6, 6.07) is 0. The van der Waals surface area contributed by atoms with E-state index in [0.717, 1.165) is 32.1 Å². The fourth-order valence-corrected chi connectivity index (χ4v) is 3.02. The molecule has 0 aromatic heterocycles. The van der Waals surface area contributed by atoms with Crippen LogP contribution in [0.1, 0.15) is 32.1 Å². The molecule has 0 radical (unpaired) electrons. The van der Waals surface area contributed by atoms with Crippen molar-refractivity contribution in [1.82, 2.24) is 0 Å². The molecule has 2 rings (SSSR count). The lowest BCUT2D eigenvalue weighted by Crippen LogP contribution is -2.35. The minimum absolute atomic E-state index is 0.142. The van der Waals surface area contributed by atoms with Gasteiger partial charge < -0.3 is 10.2 Å². The van der Waals surface area contributed by atoms with Crippen LogP contribution in [0.4, 0.5) is 0 Å². The number of carbonyl (C=O) groups is 1. The molecule has 3 heteroatoms. The lowest BCUT2D eigenvalue weighted by molar-refractivity contribution is -0.145. The molecule has 2 aliphatic carbocycles. The third kappa shape index (κ3) is 1.85. The average Bonchev–Trinajstić information content (AvgIpc) is 2.01. The summed E-state index contributed by atoms with van der Waals surface area (Å²) in [5, 5.41) is 18.4. The van der Waals surface area contributed by atoms with Crippen LogP contribution in [-0.4, -0.2) is 22.3 Å². The van der Waals surface area contributed by atoms with E-state index >= 15 is 0 Å². The van der Waals surface area contributed by atoms with Crippen molar-refractivity contribution in [2.45, 2.75) is 38.2 Å². The van der Waals surface area contributed by atoms with Gasteiger partial charge in [-0.05, 0) is 43.9 Å². The second kappa shape index (κ2) is 3.29. The van der Waals surface area contributed by atoms with Crippen molar-refractivity contribution in [3.05, 3.63) is 0 Å². The van der Waals surface area contributed by atoms with Crippen LogP contribution in [-0.2, 0) is 4.79 Å². The number of carboxylic acid groups (broad SMARTS) is 1. The number of hydrogen-bond acceptors (Lipinski definition) is 2. The molecule has 0 saturated heterocycles. The Kier molecular flexibility index (Phi) is 2.28. The van der Waals surface area contributed by atoms with Gasteiger partial charge in [0, 0.05) is 0 Å². The van der Waals surface area contributed by atoms with Gasteiger partial charge in [-0.25, -0.2) is 0 Å². The molecule has 0 heterocycles. The second-order valence-electron chi connectivity index (χ2n) is 4.60. The molecule has 74 valence electrons. The van der Waals surface area contributed by atoms with Crippen molar-refractivity contribution in [3.63, 3.8) is 0 Å². The molecule has 13 heavy (non-hydrogen) atoms. The predicted octanol–water partition coefficient (Wildman–Crippen LogP) is 1.26. The van der Waals surface area contributed by atoms with Gasteiger partial charge in [-0.1, -0.05) is 0 Å². The molecule has 0 aromatic rings. The summed E-state index contributed by atoms with van der Waals surface area (Å²) in [5.41, 5.74) is 0. The van der Waals surface area contributed by atoms with E-state index in [0.29, 0.717) is 11.8 Å². The molecule has 0 amide bonds. The highest BCUT2D eigenvalue weighted by molar-refractivity contribution is 5.70. The van der Waals surface area contributed by atoms with Crippen LogP contribution in [0.25, 0.3) is 0 Å². The van der Waals surface area contributed by atoms with Gasteiger partial charge in [-0.15, -0.1) is 0 Å². The van der Waals surface area contributed by atoms with Gasteiger partial charge in [0.1, 0.15) is 0 Å². The topological polar surface area (TPSA) is 57.5 Å². The Bertz CT molecular complexity index is 196. The summed E-state index contributed by atoms with van der Waals surface area (Å²) >= 11 is 0. The average molecular weight is 184 g/mol. The highest BCUT2D eigenvalue weighted by Crippen LogP contribution is 2.42. The van der Waals surface area contributed by atoms with Crippen molar-refractivity contribution in [3.8, 4) is 0 Å². The minimum Gasteiger partial charge on any atom is -0.481 e. The molecule has 0 aliphatic heterocycles. The van der Waals surface area contributed by atoms with Crippen molar-refractivity contribution >= 4 is 5.97 Å². The number of aliphatic hydroxyl groups excluding tert-OH is 1. The number of aliphatic hydroxyl groups is 1. The molecule has 2 saturated carbocycles. The third-order valence-corrected chi connectivity index (χ3v) is 3.46. The number of hydrogen-bond donors (Lipinski definition) is 2. The Balaban J connectivity index is 2.01. The van der Waals surface area contributed by atoms with Crippen molar-refractivity contribution in [1.29, 1.82) is 0 Å². The predicted molar refractivity (Wildman–Crippen MR) is 47.2 cm³/mol. The van der Waals surface area contributed by atoms with E-state index in [1.54, 1.807) is 0 Å². The fraction of sp³-hybridized carbons (Fsp3) is 0.900. The zero-order valence-corrected chi connectivity index (χ0v) is 7.65. The zero-order chi connectivity index (χ0) is 9.42. The first kappa shape index (κ1) is 9.00. The molecule has 3 nitrogen and oxygen atoms in total.